The van der Waals surface area contributed by atoms with E-state index in [0.717, 1.165) is 19.4 Å². The molecule has 0 fully saturated rings. The average molecular weight is 312 g/mol. The Balaban J connectivity index is 2.65. The smallest absolute Gasteiger partial charge is 0.243 e. The third-order valence-corrected chi connectivity index (χ3v) is 5.53. The van der Waals surface area contributed by atoms with Gasteiger partial charge in [0.2, 0.25) is 10.0 Å². The number of hydrogen-bond acceptors (Lipinski definition) is 3. The minimum atomic E-state index is -3.33. The number of hydrogen-bond donors (Lipinski definition) is 1. The zero-order chi connectivity index (χ0) is 15.9. The minimum absolute atomic E-state index is 0.384. The van der Waals surface area contributed by atoms with Crippen LogP contribution in [0.3, 0.4) is 0 Å². The molecule has 0 amide bonds. The van der Waals surface area contributed by atoms with E-state index in [1.54, 1.807) is 12.1 Å². The molecule has 0 aliphatic rings. The second-order valence-corrected chi connectivity index (χ2v) is 7.38. The molecule has 0 unspecified atom stereocenters. The van der Waals surface area contributed by atoms with Crippen molar-refractivity contribution in [2.75, 3.05) is 19.6 Å². The molecule has 0 saturated carbocycles. The maximum Gasteiger partial charge on any atom is 0.243 e. The van der Waals surface area contributed by atoms with Crippen molar-refractivity contribution in [1.29, 1.82) is 0 Å². The van der Waals surface area contributed by atoms with Gasteiger partial charge in [-0.2, -0.15) is 4.31 Å². The minimum Gasteiger partial charge on any atom is -0.315 e. The fraction of sp³-hybridized carbons (Fsp3) is 0.625. The van der Waals surface area contributed by atoms with Crippen molar-refractivity contribution in [3.63, 3.8) is 0 Å². The molecule has 4 nitrogen and oxygen atoms in total. The van der Waals surface area contributed by atoms with Crippen molar-refractivity contribution in [1.82, 2.24) is 9.62 Å². The molecule has 0 aromatic heterocycles. The lowest BCUT2D eigenvalue weighted by atomic mass is 10.1. The molecule has 0 aliphatic heterocycles. The van der Waals surface area contributed by atoms with Crippen molar-refractivity contribution in [3.05, 3.63) is 29.8 Å². The highest BCUT2D eigenvalue weighted by molar-refractivity contribution is 7.89. The molecule has 0 spiro atoms. The van der Waals surface area contributed by atoms with Gasteiger partial charge in [0.25, 0.3) is 0 Å². The van der Waals surface area contributed by atoms with Gasteiger partial charge >= 0.3 is 0 Å². The largest absolute Gasteiger partial charge is 0.315 e. The Labute approximate surface area is 129 Å². The summed E-state index contributed by atoms with van der Waals surface area (Å²) in [7, 11) is -3.33. The molecule has 0 aliphatic carbocycles. The average Bonchev–Trinajstić information content (AvgIpc) is 2.45. The van der Waals surface area contributed by atoms with Gasteiger partial charge in [-0.25, -0.2) is 8.42 Å². The molecule has 0 bridgehead atoms. The maximum atomic E-state index is 12.4. The van der Waals surface area contributed by atoms with Crippen LogP contribution in [0.15, 0.2) is 29.2 Å². The molecule has 0 radical (unpaired) electrons. The van der Waals surface area contributed by atoms with Crippen LogP contribution in [0, 0.1) is 0 Å². The molecule has 1 N–H and O–H groups in total. The van der Waals surface area contributed by atoms with Gasteiger partial charge in [0.1, 0.15) is 0 Å². The van der Waals surface area contributed by atoms with Gasteiger partial charge in [-0.1, -0.05) is 39.8 Å². The van der Waals surface area contributed by atoms with E-state index in [9.17, 15) is 8.42 Å². The summed E-state index contributed by atoms with van der Waals surface area (Å²) in [6, 6.07) is 7.79. The number of rotatable bonds is 9. The second-order valence-electron chi connectivity index (χ2n) is 5.45. The van der Waals surface area contributed by atoms with Crippen LogP contribution in [-0.2, 0) is 16.4 Å². The molecule has 5 heteroatoms. The predicted molar refractivity (Wildman–Crippen MR) is 88.0 cm³/mol. The van der Waals surface area contributed by atoms with Crippen LogP contribution >= 0.6 is 0 Å². The van der Waals surface area contributed by atoms with Crippen molar-refractivity contribution in [3.8, 4) is 0 Å². The van der Waals surface area contributed by atoms with Gasteiger partial charge < -0.3 is 5.32 Å². The summed E-state index contributed by atoms with van der Waals surface area (Å²) in [5, 5.41) is 3.38. The summed E-state index contributed by atoms with van der Waals surface area (Å²) >= 11 is 0. The van der Waals surface area contributed by atoms with Gasteiger partial charge in [-0.3, -0.25) is 0 Å². The zero-order valence-corrected chi connectivity index (χ0v) is 14.4. The second kappa shape index (κ2) is 8.51. The van der Waals surface area contributed by atoms with Crippen LogP contribution in [0.1, 0.15) is 39.7 Å². The third-order valence-electron chi connectivity index (χ3n) is 3.46. The first-order valence-corrected chi connectivity index (χ1v) is 9.18. The van der Waals surface area contributed by atoms with Gasteiger partial charge in [0.05, 0.1) is 4.90 Å². The first kappa shape index (κ1) is 18.1. The first-order chi connectivity index (χ1) is 9.91. The normalized spacial score (nSPS) is 12.3. The van der Waals surface area contributed by atoms with Crippen LogP contribution < -0.4 is 5.32 Å². The van der Waals surface area contributed by atoms with E-state index in [1.807, 2.05) is 26.0 Å². The van der Waals surface area contributed by atoms with Gasteiger partial charge in [-0.15, -0.1) is 0 Å². The van der Waals surface area contributed by atoms with Crippen LogP contribution in [0.5, 0.6) is 0 Å². The standard InChI is InChI=1S/C16H28N2O2S/c1-5-18(6-2)21(19,20)16-11-9-15(10-12-16)8-7-13-17-14(3)4/h9-12,14,17H,5-8,13H2,1-4H3. The highest BCUT2D eigenvalue weighted by Gasteiger charge is 2.20. The summed E-state index contributed by atoms with van der Waals surface area (Å²) in [5.41, 5.74) is 1.18. The lowest BCUT2D eigenvalue weighted by molar-refractivity contribution is 0.445. The molecule has 1 aromatic rings. The molecule has 1 rings (SSSR count). The van der Waals surface area contributed by atoms with Crippen molar-refractivity contribution >= 4 is 10.0 Å². The van der Waals surface area contributed by atoms with Crippen molar-refractivity contribution in [2.45, 2.75) is 51.5 Å². The van der Waals surface area contributed by atoms with Crippen LogP contribution in [0.2, 0.25) is 0 Å². The van der Waals surface area contributed by atoms with Crippen LogP contribution in [0.4, 0.5) is 0 Å². The van der Waals surface area contributed by atoms with Crippen LogP contribution in [0.25, 0.3) is 0 Å². The monoisotopic (exact) mass is 312 g/mol. The summed E-state index contributed by atoms with van der Waals surface area (Å²) in [6.45, 7) is 9.97. The molecule has 21 heavy (non-hydrogen) atoms. The molecule has 120 valence electrons. The van der Waals surface area contributed by atoms with E-state index in [4.69, 9.17) is 0 Å². The highest BCUT2D eigenvalue weighted by atomic mass is 32.2. The SMILES string of the molecule is CCN(CC)S(=O)(=O)c1ccc(CCCNC(C)C)cc1. The molecule has 0 atom stereocenters. The zero-order valence-electron chi connectivity index (χ0n) is 13.6. The Morgan fingerprint density at radius 2 is 1.67 bits per heavy atom. The molecule has 0 heterocycles. The predicted octanol–water partition coefficient (Wildman–Crippen LogP) is 2.65. The lowest BCUT2D eigenvalue weighted by Gasteiger charge is -2.18. The first-order valence-electron chi connectivity index (χ1n) is 7.74. The Hall–Kier alpha value is -0.910. The molecule has 1 aromatic carbocycles. The summed E-state index contributed by atoms with van der Waals surface area (Å²) < 4.78 is 26.2. The summed E-state index contributed by atoms with van der Waals surface area (Å²) in [6.07, 6.45) is 2.02. The van der Waals surface area contributed by atoms with Crippen molar-refractivity contribution in [2.24, 2.45) is 0 Å². The topological polar surface area (TPSA) is 49.4 Å². The van der Waals surface area contributed by atoms with E-state index in [1.165, 1.54) is 9.87 Å². The molecular weight excluding hydrogens is 284 g/mol. The van der Waals surface area contributed by atoms with E-state index in [2.05, 4.69) is 19.2 Å². The Kier molecular flexibility index (Phi) is 7.35. The number of nitrogens with zero attached hydrogens (tertiary/aromatic N) is 1. The fourth-order valence-corrected chi connectivity index (χ4v) is 3.68. The van der Waals surface area contributed by atoms with Gasteiger partial charge in [-0.05, 0) is 37.1 Å². The Bertz CT molecular complexity index is 506. The highest BCUT2D eigenvalue weighted by Crippen LogP contribution is 2.16. The molecular formula is C16H28N2O2S. The Morgan fingerprint density at radius 3 is 2.14 bits per heavy atom. The Morgan fingerprint density at radius 1 is 1.10 bits per heavy atom. The summed E-state index contributed by atoms with van der Waals surface area (Å²) in [4.78, 5) is 0.384. The summed E-state index contributed by atoms with van der Waals surface area (Å²) in [5.74, 6) is 0. The van der Waals surface area contributed by atoms with Crippen LogP contribution in [-0.4, -0.2) is 38.4 Å². The number of aryl methyl sites for hydroxylation is 1. The number of sulfonamides is 1. The fourth-order valence-electron chi connectivity index (χ4n) is 2.22. The number of nitrogens with one attached hydrogen (secondary N) is 1. The van der Waals surface area contributed by atoms with E-state index in [-0.39, 0.29) is 0 Å². The third kappa shape index (κ3) is 5.41. The van der Waals surface area contributed by atoms with Crippen molar-refractivity contribution < 1.29 is 8.42 Å². The molecule has 0 saturated heterocycles. The van der Waals surface area contributed by atoms with Gasteiger partial charge in [0, 0.05) is 19.1 Å². The van der Waals surface area contributed by atoms with E-state index >= 15 is 0 Å². The maximum absolute atomic E-state index is 12.4. The van der Waals surface area contributed by atoms with E-state index < -0.39 is 10.0 Å². The van der Waals surface area contributed by atoms with E-state index in [0.29, 0.717) is 24.0 Å². The lowest BCUT2D eigenvalue weighted by Crippen LogP contribution is -2.30. The number of benzene rings is 1. The van der Waals surface area contributed by atoms with Gasteiger partial charge in [0.15, 0.2) is 0 Å². The quantitative estimate of drug-likeness (QED) is 0.713.